The zero-order valence-corrected chi connectivity index (χ0v) is 16.0. The van der Waals surface area contributed by atoms with Crippen molar-refractivity contribution in [1.82, 2.24) is 10.3 Å². The van der Waals surface area contributed by atoms with Crippen LogP contribution in [0.1, 0.15) is 31.7 Å². The minimum absolute atomic E-state index is 0.00370. The van der Waals surface area contributed by atoms with Crippen molar-refractivity contribution in [2.75, 3.05) is 13.2 Å². The Bertz CT molecular complexity index is 1100. The molecular weight excluding hydrogens is 388 g/mol. The summed E-state index contributed by atoms with van der Waals surface area (Å²) in [4.78, 5) is 26.9. The lowest BCUT2D eigenvalue weighted by molar-refractivity contribution is 0.0702. The number of carboxylic acids is 1. The van der Waals surface area contributed by atoms with Gasteiger partial charge in [-0.1, -0.05) is 65.8 Å². The molecule has 0 aliphatic heterocycles. The van der Waals surface area contributed by atoms with Crippen LogP contribution in [0.3, 0.4) is 0 Å². The Hall–Kier alpha value is -3.63. The van der Waals surface area contributed by atoms with Crippen LogP contribution in [-0.4, -0.2) is 35.3 Å². The molecule has 4 rings (SSSR count). The fourth-order valence-corrected chi connectivity index (χ4v) is 3.95. The topological polar surface area (TPSA) is 88.5 Å². The van der Waals surface area contributed by atoms with Crippen molar-refractivity contribution < 1.29 is 19.4 Å². The summed E-state index contributed by atoms with van der Waals surface area (Å²) in [6, 6.07) is 16.3. The fourth-order valence-electron chi connectivity index (χ4n) is 3.32. The number of rotatable bonds is 4. The van der Waals surface area contributed by atoms with E-state index >= 15 is 0 Å². The van der Waals surface area contributed by atoms with Crippen LogP contribution in [0.15, 0.2) is 54.7 Å². The van der Waals surface area contributed by atoms with Gasteiger partial charge in [0, 0.05) is 5.92 Å². The molecule has 144 valence electrons. The van der Waals surface area contributed by atoms with Crippen molar-refractivity contribution in [2.45, 2.75) is 5.92 Å². The number of aromatic nitrogens is 1. The number of ether oxygens (including phenoxy) is 1. The molecule has 2 aromatic carbocycles. The minimum Gasteiger partial charge on any atom is -0.477 e. The molecule has 1 heterocycles. The Morgan fingerprint density at radius 1 is 1.10 bits per heavy atom. The van der Waals surface area contributed by atoms with E-state index in [0.717, 1.165) is 22.5 Å². The number of benzene rings is 2. The number of carboxylic acid groups (broad SMARTS) is 1. The molecule has 2 N–H and O–H groups in total. The van der Waals surface area contributed by atoms with Gasteiger partial charge < -0.3 is 15.2 Å². The second-order valence-electron chi connectivity index (χ2n) is 6.32. The quantitative estimate of drug-likeness (QED) is 0.647. The highest BCUT2D eigenvalue weighted by Crippen LogP contribution is 2.44. The predicted octanol–water partition coefficient (Wildman–Crippen LogP) is 3.73. The lowest BCUT2D eigenvalue weighted by atomic mass is 9.98. The maximum atomic E-state index is 12.0. The number of nitrogens with zero attached hydrogens (tertiary/aromatic N) is 1. The molecule has 0 atom stereocenters. The summed E-state index contributed by atoms with van der Waals surface area (Å²) in [6.45, 7) is 0.320. The number of thiazole rings is 1. The van der Waals surface area contributed by atoms with Crippen LogP contribution in [0, 0.1) is 11.8 Å². The highest BCUT2D eigenvalue weighted by molar-refractivity contribution is 7.14. The predicted molar refractivity (Wildman–Crippen MR) is 109 cm³/mol. The first-order valence-corrected chi connectivity index (χ1v) is 9.72. The van der Waals surface area contributed by atoms with E-state index in [9.17, 15) is 9.59 Å². The van der Waals surface area contributed by atoms with E-state index < -0.39 is 12.1 Å². The lowest BCUT2D eigenvalue weighted by Crippen LogP contribution is -2.26. The van der Waals surface area contributed by atoms with Crippen molar-refractivity contribution in [3.63, 3.8) is 0 Å². The van der Waals surface area contributed by atoms with Crippen molar-refractivity contribution in [3.8, 4) is 23.0 Å². The van der Waals surface area contributed by atoms with E-state index in [1.807, 2.05) is 24.3 Å². The minimum atomic E-state index is -1.03. The van der Waals surface area contributed by atoms with E-state index in [4.69, 9.17) is 9.84 Å². The summed E-state index contributed by atoms with van der Waals surface area (Å²) in [7, 11) is 0. The van der Waals surface area contributed by atoms with Gasteiger partial charge in [-0.3, -0.25) is 0 Å². The number of aromatic carboxylic acids is 1. The molecule has 0 bridgehead atoms. The lowest BCUT2D eigenvalue weighted by Gasteiger charge is -2.14. The Morgan fingerprint density at radius 3 is 2.38 bits per heavy atom. The molecule has 0 spiro atoms. The maximum absolute atomic E-state index is 12.0. The molecule has 0 saturated carbocycles. The third kappa shape index (κ3) is 3.98. The molecule has 7 heteroatoms. The third-order valence-corrected chi connectivity index (χ3v) is 5.48. The van der Waals surface area contributed by atoms with E-state index in [1.54, 1.807) is 0 Å². The number of fused-ring (bicyclic) bond motifs is 3. The van der Waals surface area contributed by atoms with Crippen LogP contribution < -0.4 is 5.32 Å². The molecule has 0 unspecified atom stereocenters. The highest BCUT2D eigenvalue weighted by atomic mass is 32.1. The summed E-state index contributed by atoms with van der Waals surface area (Å²) in [6.07, 6.45) is 0.710. The van der Waals surface area contributed by atoms with Gasteiger partial charge in [-0.05, 0) is 28.2 Å². The number of hydrogen-bond acceptors (Lipinski definition) is 5. The van der Waals surface area contributed by atoms with Gasteiger partial charge in [0.1, 0.15) is 11.5 Å². The van der Waals surface area contributed by atoms with Crippen LogP contribution in [0.4, 0.5) is 4.79 Å². The van der Waals surface area contributed by atoms with Crippen LogP contribution >= 0.6 is 11.3 Å². The molecule has 6 nitrogen and oxygen atoms in total. The second kappa shape index (κ2) is 8.17. The average Bonchev–Trinajstić information content (AvgIpc) is 3.33. The van der Waals surface area contributed by atoms with Crippen molar-refractivity contribution in [3.05, 3.63) is 75.7 Å². The largest absolute Gasteiger partial charge is 0.477 e. The zero-order chi connectivity index (χ0) is 20.2. The number of alkyl carbamates (subject to hydrolysis) is 1. The fraction of sp³-hybridized carbons (Fsp3) is 0.136. The molecular formula is C22H16N2O4S. The molecule has 1 amide bonds. The number of nitrogens with one attached hydrogen (secondary N) is 1. The van der Waals surface area contributed by atoms with Crippen molar-refractivity contribution in [2.24, 2.45) is 0 Å². The Kier molecular flexibility index (Phi) is 5.27. The smallest absolute Gasteiger partial charge is 0.407 e. The van der Waals surface area contributed by atoms with Gasteiger partial charge in [-0.2, -0.15) is 0 Å². The third-order valence-electron chi connectivity index (χ3n) is 4.58. The van der Waals surface area contributed by atoms with Gasteiger partial charge in [-0.15, -0.1) is 0 Å². The molecule has 1 aromatic heterocycles. The summed E-state index contributed by atoms with van der Waals surface area (Å²) in [5.74, 6) is 4.43. The van der Waals surface area contributed by atoms with Crippen LogP contribution in [-0.2, 0) is 4.74 Å². The number of carbonyl (C=O) groups is 2. The molecule has 29 heavy (non-hydrogen) atoms. The van der Waals surface area contributed by atoms with Crippen LogP contribution in [0.25, 0.3) is 11.1 Å². The van der Waals surface area contributed by atoms with Crippen molar-refractivity contribution >= 4 is 23.4 Å². The standard InChI is InChI=1S/C22H16N2O4S/c25-21(26)19-12-24-20(29-19)10-5-11-23-22(27)28-13-18-16-8-3-1-6-14(16)15-7-2-4-9-17(15)18/h1-4,6-9,12,18H,11,13H2,(H,23,27)(H,25,26). The Balaban J connectivity index is 1.33. The van der Waals surface area contributed by atoms with E-state index in [0.29, 0.717) is 5.01 Å². The Labute approximate surface area is 171 Å². The molecule has 1 aliphatic rings. The van der Waals surface area contributed by atoms with E-state index in [1.165, 1.54) is 17.3 Å². The SMILES string of the molecule is O=C(NCC#Cc1ncc(C(=O)O)s1)OCC1c2ccccc2-c2ccccc21. The molecule has 0 saturated heterocycles. The summed E-state index contributed by atoms with van der Waals surface area (Å²) in [5, 5.41) is 11.8. The van der Waals surface area contributed by atoms with Gasteiger partial charge >= 0.3 is 12.1 Å². The van der Waals surface area contributed by atoms with Crippen molar-refractivity contribution in [1.29, 1.82) is 0 Å². The van der Waals surface area contributed by atoms with Gasteiger partial charge in [-0.25, -0.2) is 14.6 Å². The average molecular weight is 404 g/mol. The summed E-state index contributed by atoms with van der Waals surface area (Å²) < 4.78 is 5.42. The zero-order valence-electron chi connectivity index (χ0n) is 15.2. The van der Waals surface area contributed by atoms with E-state index in [2.05, 4.69) is 46.4 Å². The Morgan fingerprint density at radius 2 is 1.76 bits per heavy atom. The number of carbonyl (C=O) groups excluding carboxylic acids is 1. The molecule has 1 aliphatic carbocycles. The molecule has 0 radical (unpaired) electrons. The summed E-state index contributed by atoms with van der Waals surface area (Å²) >= 11 is 0.986. The number of amides is 1. The van der Waals surface area contributed by atoms with Gasteiger partial charge in [0.15, 0.2) is 5.01 Å². The van der Waals surface area contributed by atoms with E-state index in [-0.39, 0.29) is 23.9 Å². The summed E-state index contributed by atoms with van der Waals surface area (Å²) in [5.41, 5.74) is 4.65. The molecule has 3 aromatic rings. The molecule has 0 fully saturated rings. The van der Waals surface area contributed by atoms with Gasteiger partial charge in [0.05, 0.1) is 12.7 Å². The van der Waals surface area contributed by atoms with Crippen LogP contribution in [0.2, 0.25) is 0 Å². The van der Waals surface area contributed by atoms with Gasteiger partial charge in [0.2, 0.25) is 0 Å². The monoisotopic (exact) mass is 404 g/mol. The number of hydrogen-bond donors (Lipinski definition) is 2. The first-order valence-electron chi connectivity index (χ1n) is 8.90. The highest BCUT2D eigenvalue weighted by Gasteiger charge is 2.28. The first kappa shape index (κ1) is 18.7. The van der Waals surface area contributed by atoms with Gasteiger partial charge in [0.25, 0.3) is 0 Å². The maximum Gasteiger partial charge on any atom is 0.407 e. The van der Waals surface area contributed by atoms with Crippen LogP contribution in [0.5, 0.6) is 0 Å². The first-order chi connectivity index (χ1) is 14.1. The normalized spacial score (nSPS) is 11.7. The second-order valence-corrected chi connectivity index (χ2v) is 7.35.